The van der Waals surface area contributed by atoms with Gasteiger partial charge in [-0.1, -0.05) is 19.4 Å². The highest BCUT2D eigenvalue weighted by molar-refractivity contribution is 5.89. The van der Waals surface area contributed by atoms with Crippen LogP contribution in [0.3, 0.4) is 0 Å². The molecule has 24 heavy (non-hydrogen) atoms. The van der Waals surface area contributed by atoms with Crippen LogP contribution in [0.1, 0.15) is 84.5 Å². The van der Waals surface area contributed by atoms with Crippen LogP contribution in [0.4, 0.5) is 0 Å². The Morgan fingerprint density at radius 2 is 1.33 bits per heavy atom. The van der Waals surface area contributed by atoms with Gasteiger partial charge in [-0.2, -0.15) is 0 Å². The van der Waals surface area contributed by atoms with Crippen LogP contribution < -0.4 is 0 Å². The number of rotatable bonds is 6. The van der Waals surface area contributed by atoms with E-state index in [0.29, 0.717) is 5.57 Å². The van der Waals surface area contributed by atoms with Crippen molar-refractivity contribution in [2.75, 3.05) is 0 Å². The molecule has 2 aliphatic rings. The lowest BCUT2D eigenvalue weighted by atomic mass is 9.85. The van der Waals surface area contributed by atoms with E-state index in [4.69, 9.17) is 9.47 Å². The van der Waals surface area contributed by atoms with E-state index in [0.717, 1.165) is 51.4 Å². The van der Waals surface area contributed by atoms with Gasteiger partial charge in [-0.05, 0) is 71.6 Å². The number of carbonyl (C=O) groups excluding carboxylic acids is 2. The van der Waals surface area contributed by atoms with Gasteiger partial charge in [0.1, 0.15) is 12.2 Å². The number of esters is 2. The predicted octanol–water partition coefficient (Wildman–Crippen LogP) is 4.71. The standard InChI is InChI=1S/C20H32O4/c1-15(18(21)23-16-10-6-4-7-11-16)14-20(2,3)19(22)24-17-12-8-5-9-13-17/h16-17H,1,4-14H2,2-3H3. The van der Waals surface area contributed by atoms with Crippen LogP contribution in [0, 0.1) is 5.41 Å². The van der Waals surface area contributed by atoms with Gasteiger partial charge in [0.05, 0.1) is 5.41 Å². The number of hydrogen-bond acceptors (Lipinski definition) is 4. The summed E-state index contributed by atoms with van der Waals surface area (Å²) in [4.78, 5) is 24.7. The first-order valence-corrected chi connectivity index (χ1v) is 9.48. The molecular weight excluding hydrogens is 304 g/mol. The van der Waals surface area contributed by atoms with Crippen LogP contribution in [0.2, 0.25) is 0 Å². The Morgan fingerprint density at radius 1 is 0.875 bits per heavy atom. The van der Waals surface area contributed by atoms with E-state index in [-0.39, 0.29) is 30.6 Å². The summed E-state index contributed by atoms with van der Waals surface area (Å²) in [5.41, 5.74) is -0.383. The van der Waals surface area contributed by atoms with Crippen LogP contribution in [-0.4, -0.2) is 24.1 Å². The molecule has 0 bridgehead atoms. The molecule has 136 valence electrons. The zero-order valence-electron chi connectivity index (χ0n) is 15.3. The average molecular weight is 336 g/mol. The van der Waals surface area contributed by atoms with Crippen molar-refractivity contribution in [3.8, 4) is 0 Å². The van der Waals surface area contributed by atoms with E-state index in [1.807, 2.05) is 13.8 Å². The van der Waals surface area contributed by atoms with Gasteiger partial charge in [0.2, 0.25) is 0 Å². The minimum Gasteiger partial charge on any atom is -0.462 e. The minimum atomic E-state index is -0.750. The predicted molar refractivity (Wildman–Crippen MR) is 93.5 cm³/mol. The third-order valence-corrected chi connectivity index (χ3v) is 5.15. The molecule has 0 radical (unpaired) electrons. The fourth-order valence-corrected chi connectivity index (χ4v) is 3.59. The maximum absolute atomic E-state index is 12.5. The first kappa shape index (κ1) is 19.0. The Hall–Kier alpha value is -1.32. The van der Waals surface area contributed by atoms with Gasteiger partial charge in [-0.3, -0.25) is 4.79 Å². The molecule has 0 aliphatic heterocycles. The van der Waals surface area contributed by atoms with E-state index >= 15 is 0 Å². The molecule has 0 amide bonds. The minimum absolute atomic E-state index is 0.0142. The normalized spacial score (nSPS) is 20.4. The van der Waals surface area contributed by atoms with E-state index in [1.165, 1.54) is 12.8 Å². The summed E-state index contributed by atoms with van der Waals surface area (Å²) in [6, 6.07) is 0. The van der Waals surface area contributed by atoms with E-state index < -0.39 is 5.41 Å². The van der Waals surface area contributed by atoms with E-state index in [2.05, 4.69) is 6.58 Å². The van der Waals surface area contributed by atoms with Crippen LogP contribution >= 0.6 is 0 Å². The molecule has 2 rings (SSSR count). The van der Waals surface area contributed by atoms with Crippen LogP contribution in [0.25, 0.3) is 0 Å². The SMILES string of the molecule is C=C(CC(C)(C)C(=O)OC1CCCCC1)C(=O)OC1CCCCC1. The molecular formula is C20H32O4. The summed E-state index contributed by atoms with van der Waals surface area (Å²) >= 11 is 0. The van der Waals surface area contributed by atoms with Crippen molar-refractivity contribution < 1.29 is 19.1 Å². The lowest BCUT2D eigenvalue weighted by Crippen LogP contribution is -2.33. The summed E-state index contributed by atoms with van der Waals surface area (Å²) in [6.45, 7) is 7.49. The van der Waals surface area contributed by atoms with Crippen LogP contribution in [0.5, 0.6) is 0 Å². The first-order valence-electron chi connectivity index (χ1n) is 9.48. The summed E-state index contributed by atoms with van der Waals surface area (Å²) in [5.74, 6) is -0.596. The van der Waals surface area contributed by atoms with Crippen molar-refractivity contribution in [3.63, 3.8) is 0 Å². The largest absolute Gasteiger partial charge is 0.462 e. The Bertz CT molecular complexity index is 454. The van der Waals surface area contributed by atoms with Gasteiger partial charge < -0.3 is 9.47 Å². The Morgan fingerprint density at radius 3 is 1.83 bits per heavy atom. The molecule has 0 aromatic heterocycles. The van der Waals surface area contributed by atoms with Crippen molar-refractivity contribution in [3.05, 3.63) is 12.2 Å². The van der Waals surface area contributed by atoms with E-state index in [9.17, 15) is 9.59 Å². The third-order valence-electron chi connectivity index (χ3n) is 5.15. The quantitative estimate of drug-likeness (QED) is 0.520. The van der Waals surface area contributed by atoms with Gasteiger partial charge >= 0.3 is 11.9 Å². The Balaban J connectivity index is 1.80. The fourth-order valence-electron chi connectivity index (χ4n) is 3.59. The molecule has 4 nitrogen and oxygen atoms in total. The third kappa shape index (κ3) is 5.64. The molecule has 0 unspecified atom stereocenters. The lowest BCUT2D eigenvalue weighted by molar-refractivity contribution is -0.161. The summed E-state index contributed by atoms with van der Waals surface area (Å²) in [5, 5.41) is 0. The maximum atomic E-state index is 12.5. The van der Waals surface area contributed by atoms with Gasteiger partial charge in [0.15, 0.2) is 0 Å². The van der Waals surface area contributed by atoms with Gasteiger partial charge in [0.25, 0.3) is 0 Å². The molecule has 0 heterocycles. The van der Waals surface area contributed by atoms with E-state index in [1.54, 1.807) is 0 Å². The summed E-state index contributed by atoms with van der Waals surface area (Å²) in [6.07, 6.45) is 11.0. The Kier molecular flexibility index (Phi) is 6.88. The highest BCUT2D eigenvalue weighted by atomic mass is 16.5. The average Bonchev–Trinajstić information content (AvgIpc) is 2.56. The second kappa shape index (κ2) is 8.68. The molecule has 0 atom stereocenters. The zero-order valence-corrected chi connectivity index (χ0v) is 15.3. The van der Waals surface area contributed by atoms with Gasteiger partial charge in [-0.15, -0.1) is 0 Å². The molecule has 4 heteroatoms. The molecule has 0 N–H and O–H groups in total. The second-order valence-corrected chi connectivity index (χ2v) is 7.99. The topological polar surface area (TPSA) is 52.6 Å². The number of hydrogen-bond donors (Lipinski definition) is 0. The molecule has 0 saturated heterocycles. The monoisotopic (exact) mass is 336 g/mol. The number of ether oxygens (including phenoxy) is 2. The highest BCUT2D eigenvalue weighted by Crippen LogP contribution is 2.30. The zero-order chi connectivity index (χ0) is 17.6. The fraction of sp³-hybridized carbons (Fsp3) is 0.800. The van der Waals surface area contributed by atoms with Crippen molar-refractivity contribution in [2.45, 2.75) is 96.7 Å². The summed E-state index contributed by atoms with van der Waals surface area (Å²) in [7, 11) is 0. The van der Waals surface area contributed by atoms with Gasteiger partial charge in [-0.25, -0.2) is 4.79 Å². The molecule has 0 spiro atoms. The number of carbonyl (C=O) groups is 2. The molecule has 2 saturated carbocycles. The lowest BCUT2D eigenvalue weighted by Gasteiger charge is -2.29. The van der Waals surface area contributed by atoms with Crippen molar-refractivity contribution in [1.29, 1.82) is 0 Å². The second-order valence-electron chi connectivity index (χ2n) is 7.99. The maximum Gasteiger partial charge on any atom is 0.333 e. The molecule has 2 aliphatic carbocycles. The van der Waals surface area contributed by atoms with Crippen molar-refractivity contribution >= 4 is 11.9 Å². The highest BCUT2D eigenvalue weighted by Gasteiger charge is 2.34. The van der Waals surface area contributed by atoms with Crippen molar-refractivity contribution in [2.24, 2.45) is 5.41 Å². The van der Waals surface area contributed by atoms with Crippen molar-refractivity contribution in [1.82, 2.24) is 0 Å². The summed E-state index contributed by atoms with van der Waals surface area (Å²) < 4.78 is 11.2. The first-order chi connectivity index (χ1) is 11.4. The smallest absolute Gasteiger partial charge is 0.333 e. The van der Waals surface area contributed by atoms with Crippen LogP contribution in [-0.2, 0) is 19.1 Å². The molecule has 0 aromatic rings. The molecule has 2 fully saturated rings. The van der Waals surface area contributed by atoms with Crippen LogP contribution in [0.15, 0.2) is 12.2 Å². The Labute approximate surface area is 146 Å². The van der Waals surface area contributed by atoms with Gasteiger partial charge in [0, 0.05) is 5.57 Å². The molecule has 0 aromatic carbocycles.